The van der Waals surface area contributed by atoms with Crippen molar-refractivity contribution in [2.75, 3.05) is 6.54 Å². The second-order valence-corrected chi connectivity index (χ2v) is 7.44. The zero-order valence-electron chi connectivity index (χ0n) is 15.8. The Morgan fingerprint density at radius 2 is 1.87 bits per heavy atom. The van der Waals surface area contributed by atoms with Crippen LogP contribution in [0.15, 0.2) is 22.8 Å². The maximum atomic E-state index is 13.9. The standard InChI is InChI=1S/C17H16BrF5N6O/c1-9-6-13(16(19,20)17(21,22)23)29-14(25-9)7-12(27-29)15(30)24-4-3-5-28-8-11(18)10(2)26-28/h6-8H,3-5H2,1-2H3,(H,24,30). The molecule has 13 heteroatoms. The van der Waals surface area contributed by atoms with Crippen molar-refractivity contribution in [2.45, 2.75) is 38.9 Å². The van der Waals surface area contributed by atoms with Crippen molar-refractivity contribution in [3.8, 4) is 0 Å². The average molecular weight is 495 g/mol. The predicted molar refractivity (Wildman–Crippen MR) is 99.3 cm³/mol. The molecule has 0 saturated carbocycles. The third-order valence-electron chi connectivity index (χ3n) is 4.20. The Labute approximate surface area is 175 Å². The molecule has 7 nitrogen and oxygen atoms in total. The Bertz CT molecular complexity index is 1070. The first-order valence-corrected chi connectivity index (χ1v) is 9.49. The minimum atomic E-state index is -5.82. The number of nitrogens with one attached hydrogen (secondary N) is 1. The number of carbonyl (C=O) groups excluding carboxylic acids is 1. The van der Waals surface area contributed by atoms with Gasteiger partial charge in [-0.25, -0.2) is 9.50 Å². The van der Waals surface area contributed by atoms with Crippen LogP contribution < -0.4 is 5.32 Å². The SMILES string of the molecule is Cc1cc(C(F)(F)C(F)(F)F)n2nc(C(=O)NCCCn3cc(Br)c(C)n3)cc2n1. The van der Waals surface area contributed by atoms with E-state index in [1.165, 1.54) is 6.92 Å². The molecular formula is C17H16BrF5N6O. The number of amides is 1. The Morgan fingerprint density at radius 3 is 2.47 bits per heavy atom. The van der Waals surface area contributed by atoms with E-state index in [0.29, 0.717) is 23.5 Å². The first-order valence-electron chi connectivity index (χ1n) is 8.70. The molecule has 0 spiro atoms. The van der Waals surface area contributed by atoms with Gasteiger partial charge in [0.15, 0.2) is 11.3 Å². The molecular weight excluding hydrogens is 479 g/mol. The second-order valence-electron chi connectivity index (χ2n) is 6.59. The Morgan fingerprint density at radius 1 is 1.17 bits per heavy atom. The second kappa shape index (κ2) is 7.93. The van der Waals surface area contributed by atoms with E-state index in [1.807, 2.05) is 6.92 Å². The third kappa shape index (κ3) is 4.30. The fraction of sp³-hybridized carbons (Fsp3) is 0.412. The van der Waals surface area contributed by atoms with Gasteiger partial charge >= 0.3 is 12.1 Å². The van der Waals surface area contributed by atoms with Crippen LogP contribution in [0.2, 0.25) is 0 Å². The van der Waals surface area contributed by atoms with Crippen molar-refractivity contribution in [1.82, 2.24) is 29.7 Å². The van der Waals surface area contributed by atoms with E-state index >= 15 is 0 Å². The summed E-state index contributed by atoms with van der Waals surface area (Å²) in [5, 5.41) is 10.4. The molecule has 30 heavy (non-hydrogen) atoms. The van der Waals surface area contributed by atoms with Crippen molar-refractivity contribution in [2.24, 2.45) is 0 Å². The lowest BCUT2D eigenvalue weighted by molar-refractivity contribution is -0.291. The molecule has 3 aromatic heterocycles. The summed E-state index contributed by atoms with van der Waals surface area (Å²) < 4.78 is 69.1. The largest absolute Gasteiger partial charge is 0.459 e. The van der Waals surface area contributed by atoms with Gasteiger partial charge < -0.3 is 5.32 Å². The summed E-state index contributed by atoms with van der Waals surface area (Å²) in [5.74, 6) is -5.87. The van der Waals surface area contributed by atoms with Crippen LogP contribution in [0, 0.1) is 13.8 Å². The monoisotopic (exact) mass is 494 g/mol. The number of aromatic nitrogens is 5. The van der Waals surface area contributed by atoms with E-state index in [9.17, 15) is 26.7 Å². The fourth-order valence-electron chi connectivity index (χ4n) is 2.72. The lowest BCUT2D eigenvalue weighted by Crippen LogP contribution is -2.36. The van der Waals surface area contributed by atoms with Crippen LogP contribution in [-0.4, -0.2) is 43.0 Å². The van der Waals surface area contributed by atoms with Crippen LogP contribution in [0.25, 0.3) is 5.65 Å². The van der Waals surface area contributed by atoms with Gasteiger partial charge in [0.1, 0.15) is 5.69 Å². The number of rotatable bonds is 6. The molecule has 3 aromatic rings. The summed E-state index contributed by atoms with van der Waals surface area (Å²) in [6, 6.07) is 1.66. The highest BCUT2D eigenvalue weighted by atomic mass is 79.9. The molecule has 0 bridgehead atoms. The van der Waals surface area contributed by atoms with Crippen LogP contribution in [-0.2, 0) is 12.5 Å². The number of halogens is 6. The smallest absolute Gasteiger partial charge is 0.351 e. The van der Waals surface area contributed by atoms with E-state index in [4.69, 9.17) is 0 Å². The van der Waals surface area contributed by atoms with E-state index in [-0.39, 0.29) is 23.6 Å². The molecule has 162 valence electrons. The summed E-state index contributed by atoms with van der Waals surface area (Å²) in [4.78, 5) is 16.2. The Kier molecular flexibility index (Phi) is 5.85. The van der Waals surface area contributed by atoms with Gasteiger partial charge in [-0.2, -0.15) is 32.1 Å². The normalized spacial score (nSPS) is 12.5. The zero-order valence-corrected chi connectivity index (χ0v) is 17.4. The average Bonchev–Trinajstić information content (AvgIpc) is 3.20. The molecule has 0 aromatic carbocycles. The van der Waals surface area contributed by atoms with Crippen molar-refractivity contribution >= 4 is 27.5 Å². The molecule has 0 atom stereocenters. The Balaban J connectivity index is 1.75. The van der Waals surface area contributed by atoms with E-state index < -0.39 is 23.7 Å². The zero-order chi connectivity index (χ0) is 22.3. The van der Waals surface area contributed by atoms with Crippen LogP contribution in [0.5, 0.6) is 0 Å². The quantitative estimate of drug-likeness (QED) is 0.417. The van der Waals surface area contributed by atoms with Gasteiger partial charge in [-0.15, -0.1) is 0 Å². The molecule has 0 unspecified atom stereocenters. The number of aryl methyl sites for hydroxylation is 3. The van der Waals surface area contributed by atoms with Gasteiger partial charge in [-0.3, -0.25) is 9.48 Å². The minimum Gasteiger partial charge on any atom is -0.351 e. The molecule has 0 radical (unpaired) electrons. The van der Waals surface area contributed by atoms with Crippen molar-refractivity contribution < 1.29 is 26.7 Å². The first kappa shape index (κ1) is 22.1. The molecule has 0 aliphatic rings. The number of fused-ring (bicyclic) bond motifs is 1. The molecule has 1 N–H and O–H groups in total. The highest BCUT2D eigenvalue weighted by molar-refractivity contribution is 9.10. The molecule has 0 fully saturated rings. The molecule has 3 heterocycles. The molecule has 1 amide bonds. The first-order chi connectivity index (χ1) is 13.9. The minimum absolute atomic E-state index is 0.0611. The summed E-state index contributed by atoms with van der Waals surface area (Å²) in [7, 11) is 0. The highest BCUT2D eigenvalue weighted by Gasteiger charge is 2.60. The van der Waals surface area contributed by atoms with Crippen molar-refractivity contribution in [1.29, 1.82) is 0 Å². The Hall–Kier alpha value is -2.57. The van der Waals surface area contributed by atoms with E-state index in [1.54, 1.807) is 10.9 Å². The predicted octanol–water partition coefficient (Wildman–Crippen LogP) is 3.78. The van der Waals surface area contributed by atoms with Gasteiger partial charge in [0.25, 0.3) is 5.91 Å². The molecule has 0 saturated heterocycles. The number of hydrogen-bond donors (Lipinski definition) is 1. The van der Waals surface area contributed by atoms with Crippen LogP contribution in [0.4, 0.5) is 22.0 Å². The number of nitrogens with zero attached hydrogens (tertiary/aromatic N) is 5. The lowest BCUT2D eigenvalue weighted by atomic mass is 10.2. The van der Waals surface area contributed by atoms with Gasteiger partial charge in [-0.05, 0) is 42.3 Å². The van der Waals surface area contributed by atoms with Gasteiger partial charge in [0, 0.05) is 31.0 Å². The molecule has 0 aliphatic heterocycles. The van der Waals surface area contributed by atoms with Gasteiger partial charge in [0.2, 0.25) is 0 Å². The van der Waals surface area contributed by atoms with Crippen LogP contribution in [0.3, 0.4) is 0 Å². The summed E-state index contributed by atoms with van der Waals surface area (Å²) in [6.45, 7) is 3.85. The number of hydrogen-bond acceptors (Lipinski definition) is 4. The van der Waals surface area contributed by atoms with Crippen LogP contribution in [0.1, 0.15) is 34.0 Å². The van der Waals surface area contributed by atoms with Gasteiger partial charge in [0.05, 0.1) is 10.2 Å². The fourth-order valence-corrected chi connectivity index (χ4v) is 3.04. The molecule has 0 aliphatic carbocycles. The number of carbonyl (C=O) groups is 1. The maximum absolute atomic E-state index is 13.9. The van der Waals surface area contributed by atoms with Gasteiger partial charge in [-0.1, -0.05) is 0 Å². The van der Waals surface area contributed by atoms with Crippen molar-refractivity contribution in [3.05, 3.63) is 45.6 Å². The highest BCUT2D eigenvalue weighted by Crippen LogP contribution is 2.43. The molecule has 3 rings (SSSR count). The lowest BCUT2D eigenvalue weighted by Gasteiger charge is -2.20. The number of alkyl halides is 5. The summed E-state index contributed by atoms with van der Waals surface area (Å²) >= 11 is 3.34. The van der Waals surface area contributed by atoms with Crippen molar-refractivity contribution in [3.63, 3.8) is 0 Å². The third-order valence-corrected chi connectivity index (χ3v) is 4.98. The topological polar surface area (TPSA) is 77.1 Å². The van der Waals surface area contributed by atoms with E-state index in [0.717, 1.165) is 16.2 Å². The summed E-state index contributed by atoms with van der Waals surface area (Å²) in [5.41, 5.74) is -1.25. The van der Waals surface area contributed by atoms with Crippen LogP contribution >= 0.6 is 15.9 Å². The maximum Gasteiger partial charge on any atom is 0.459 e. The van der Waals surface area contributed by atoms with E-state index in [2.05, 4.69) is 36.4 Å². The summed E-state index contributed by atoms with van der Waals surface area (Å²) in [6.07, 6.45) is -3.51.